The van der Waals surface area contributed by atoms with Gasteiger partial charge in [0.05, 0.1) is 18.3 Å². The Morgan fingerprint density at radius 2 is 1.89 bits per heavy atom. The van der Waals surface area contributed by atoms with Gasteiger partial charge in [0.2, 0.25) is 0 Å². The van der Waals surface area contributed by atoms with Gasteiger partial charge >= 0.3 is 11.8 Å². The summed E-state index contributed by atoms with van der Waals surface area (Å²) in [6.45, 7) is 3.37. The van der Waals surface area contributed by atoms with Crippen molar-refractivity contribution in [2.24, 2.45) is 17.6 Å². The van der Waals surface area contributed by atoms with Gasteiger partial charge in [0, 0.05) is 24.5 Å². The van der Waals surface area contributed by atoms with E-state index in [4.69, 9.17) is 5.73 Å². The standard InChI is InChI=1S/C28H32N6O3/c1-18-9-11-23(33(16-18)28(37)27(36)32-26-22(25(29)35)8-5-13-30-26)20-10-12-24-21(14-20)15-31-34(24)17-19-6-3-2-4-7-19/h2-8,13,15,18,20,23H,9-12,14,16-17H2,1H3,(H2,29,35)(H,30,32,36). The van der Waals surface area contributed by atoms with E-state index in [2.05, 4.69) is 39.1 Å². The van der Waals surface area contributed by atoms with Crippen LogP contribution in [-0.4, -0.2) is 50.0 Å². The van der Waals surface area contributed by atoms with Gasteiger partial charge in [-0.1, -0.05) is 37.3 Å². The number of amides is 3. The van der Waals surface area contributed by atoms with Gasteiger partial charge in [0.25, 0.3) is 5.91 Å². The van der Waals surface area contributed by atoms with Gasteiger partial charge in [-0.05, 0) is 67.2 Å². The van der Waals surface area contributed by atoms with E-state index >= 15 is 0 Å². The van der Waals surface area contributed by atoms with Crippen molar-refractivity contribution in [2.75, 3.05) is 11.9 Å². The molecule has 3 amide bonds. The topological polar surface area (TPSA) is 123 Å². The van der Waals surface area contributed by atoms with Crippen LogP contribution in [0.5, 0.6) is 0 Å². The van der Waals surface area contributed by atoms with E-state index in [0.29, 0.717) is 12.5 Å². The zero-order valence-electron chi connectivity index (χ0n) is 21.0. The highest BCUT2D eigenvalue weighted by atomic mass is 16.2. The van der Waals surface area contributed by atoms with Gasteiger partial charge in [-0.15, -0.1) is 0 Å². The van der Waals surface area contributed by atoms with Crippen LogP contribution in [0.4, 0.5) is 5.82 Å². The summed E-state index contributed by atoms with van der Waals surface area (Å²) in [5.41, 5.74) is 9.16. The van der Waals surface area contributed by atoms with Gasteiger partial charge < -0.3 is 16.0 Å². The molecule has 192 valence electrons. The Bertz CT molecular complexity index is 1300. The SMILES string of the molecule is CC1CCC(C2CCc3c(cnn3Cc3ccccc3)C2)N(C(=O)C(=O)Nc2ncccc2C(N)=O)C1. The van der Waals surface area contributed by atoms with Crippen LogP contribution >= 0.6 is 0 Å². The van der Waals surface area contributed by atoms with Crippen LogP contribution in [0.15, 0.2) is 54.9 Å². The first-order valence-corrected chi connectivity index (χ1v) is 12.8. The second-order valence-corrected chi connectivity index (χ2v) is 10.2. The lowest BCUT2D eigenvalue weighted by Gasteiger charge is -2.43. The van der Waals surface area contributed by atoms with Gasteiger partial charge in [0.15, 0.2) is 0 Å². The summed E-state index contributed by atoms with van der Waals surface area (Å²) in [5.74, 6) is -1.55. The molecular weight excluding hydrogens is 468 g/mol. The summed E-state index contributed by atoms with van der Waals surface area (Å²) in [5, 5.41) is 7.18. The van der Waals surface area contributed by atoms with E-state index < -0.39 is 17.7 Å². The number of nitrogens with zero attached hydrogens (tertiary/aromatic N) is 4. The molecule has 2 aromatic heterocycles. The first-order valence-electron chi connectivity index (χ1n) is 12.8. The number of nitrogens with two attached hydrogens (primary N) is 1. The Kier molecular flexibility index (Phi) is 7.03. The summed E-state index contributed by atoms with van der Waals surface area (Å²) in [7, 11) is 0. The zero-order chi connectivity index (χ0) is 25.9. The van der Waals surface area contributed by atoms with Gasteiger partial charge in [-0.25, -0.2) is 4.98 Å². The molecule has 0 saturated carbocycles. The van der Waals surface area contributed by atoms with Crippen LogP contribution in [0.2, 0.25) is 0 Å². The summed E-state index contributed by atoms with van der Waals surface area (Å²) in [4.78, 5) is 43.9. The lowest BCUT2D eigenvalue weighted by molar-refractivity contribution is -0.147. The maximum Gasteiger partial charge on any atom is 0.315 e. The molecule has 1 fully saturated rings. The smallest absolute Gasteiger partial charge is 0.315 e. The molecule has 3 N–H and O–H groups in total. The fraction of sp³-hybridized carbons (Fsp3) is 0.393. The Labute approximate surface area is 216 Å². The Morgan fingerprint density at radius 3 is 2.68 bits per heavy atom. The molecule has 0 radical (unpaired) electrons. The first-order chi connectivity index (χ1) is 17.9. The van der Waals surface area contributed by atoms with E-state index in [9.17, 15) is 14.4 Å². The molecule has 3 aromatic rings. The zero-order valence-corrected chi connectivity index (χ0v) is 21.0. The molecule has 3 atom stereocenters. The first kappa shape index (κ1) is 24.7. The lowest BCUT2D eigenvalue weighted by atomic mass is 9.77. The highest BCUT2D eigenvalue weighted by Crippen LogP contribution is 2.35. The number of piperidine rings is 1. The number of hydrogen-bond acceptors (Lipinski definition) is 5. The van der Waals surface area contributed by atoms with Crippen LogP contribution < -0.4 is 11.1 Å². The maximum atomic E-state index is 13.4. The number of nitrogens with one attached hydrogen (secondary N) is 1. The minimum atomic E-state index is -0.799. The van der Waals surface area contributed by atoms with Crippen molar-refractivity contribution in [1.29, 1.82) is 0 Å². The molecule has 3 unspecified atom stereocenters. The Hall–Kier alpha value is -4.01. The van der Waals surface area contributed by atoms with Crippen molar-refractivity contribution in [2.45, 2.75) is 51.6 Å². The normalized spacial score (nSPS) is 21.2. The number of aromatic nitrogens is 3. The van der Waals surface area contributed by atoms with Crippen LogP contribution in [0.1, 0.15) is 53.4 Å². The number of likely N-dealkylation sites (tertiary alicyclic amines) is 1. The van der Waals surface area contributed by atoms with E-state index in [1.807, 2.05) is 24.4 Å². The second-order valence-electron chi connectivity index (χ2n) is 10.2. The fourth-order valence-corrected chi connectivity index (χ4v) is 5.73. The molecule has 1 aromatic carbocycles. The summed E-state index contributed by atoms with van der Waals surface area (Å²) in [6, 6.07) is 13.3. The molecule has 1 aliphatic carbocycles. The van der Waals surface area contributed by atoms with Crippen molar-refractivity contribution in [3.05, 3.63) is 77.2 Å². The minimum absolute atomic E-state index is 0.00287. The van der Waals surface area contributed by atoms with E-state index in [1.165, 1.54) is 29.1 Å². The minimum Gasteiger partial charge on any atom is -0.365 e. The molecule has 37 heavy (non-hydrogen) atoms. The van der Waals surface area contributed by atoms with E-state index in [1.54, 1.807) is 11.0 Å². The van der Waals surface area contributed by atoms with Crippen LogP contribution in [0.25, 0.3) is 0 Å². The predicted molar refractivity (Wildman–Crippen MR) is 139 cm³/mol. The molecular formula is C28H32N6O3. The lowest BCUT2D eigenvalue weighted by Crippen LogP contribution is -2.54. The van der Waals surface area contributed by atoms with Gasteiger partial charge in [-0.3, -0.25) is 19.1 Å². The van der Waals surface area contributed by atoms with Crippen LogP contribution in [-0.2, 0) is 29.0 Å². The number of hydrogen-bond donors (Lipinski definition) is 2. The maximum absolute atomic E-state index is 13.4. The molecule has 2 aliphatic rings. The van der Waals surface area contributed by atoms with Crippen molar-refractivity contribution in [1.82, 2.24) is 19.7 Å². The number of fused-ring (bicyclic) bond motifs is 1. The van der Waals surface area contributed by atoms with Crippen molar-refractivity contribution in [3.63, 3.8) is 0 Å². The fourth-order valence-electron chi connectivity index (χ4n) is 5.73. The number of carbonyl (C=O) groups excluding carboxylic acids is 3. The third-order valence-electron chi connectivity index (χ3n) is 7.61. The van der Waals surface area contributed by atoms with Crippen molar-refractivity contribution in [3.8, 4) is 0 Å². The summed E-state index contributed by atoms with van der Waals surface area (Å²) in [6.07, 6.45) is 7.93. The third-order valence-corrected chi connectivity index (χ3v) is 7.61. The highest BCUT2D eigenvalue weighted by Gasteiger charge is 2.39. The van der Waals surface area contributed by atoms with Crippen molar-refractivity contribution < 1.29 is 14.4 Å². The third kappa shape index (κ3) is 5.26. The number of primary amides is 1. The van der Waals surface area contributed by atoms with Crippen LogP contribution in [0.3, 0.4) is 0 Å². The summed E-state index contributed by atoms with van der Waals surface area (Å²) >= 11 is 0. The number of carbonyl (C=O) groups is 3. The van der Waals surface area contributed by atoms with Gasteiger partial charge in [0.1, 0.15) is 5.82 Å². The van der Waals surface area contributed by atoms with E-state index in [0.717, 1.165) is 38.6 Å². The number of pyridine rings is 1. The average Bonchev–Trinajstić information content (AvgIpc) is 3.30. The molecule has 0 spiro atoms. The molecule has 1 aliphatic heterocycles. The van der Waals surface area contributed by atoms with E-state index in [-0.39, 0.29) is 23.3 Å². The average molecular weight is 501 g/mol. The second kappa shape index (κ2) is 10.5. The monoisotopic (exact) mass is 500 g/mol. The van der Waals surface area contributed by atoms with Crippen molar-refractivity contribution >= 4 is 23.5 Å². The highest BCUT2D eigenvalue weighted by molar-refractivity contribution is 6.39. The molecule has 3 heterocycles. The Morgan fingerprint density at radius 1 is 1.08 bits per heavy atom. The Balaban J connectivity index is 1.31. The molecule has 5 rings (SSSR count). The predicted octanol–water partition coefficient (Wildman–Crippen LogP) is 2.80. The molecule has 0 bridgehead atoms. The number of anilines is 1. The molecule has 1 saturated heterocycles. The van der Waals surface area contributed by atoms with Crippen LogP contribution in [0, 0.1) is 11.8 Å². The largest absolute Gasteiger partial charge is 0.365 e. The van der Waals surface area contributed by atoms with Gasteiger partial charge in [-0.2, -0.15) is 5.10 Å². The number of rotatable bonds is 5. The number of benzene rings is 1. The summed E-state index contributed by atoms with van der Waals surface area (Å²) < 4.78 is 2.09. The quantitative estimate of drug-likeness (QED) is 0.522. The molecule has 9 nitrogen and oxygen atoms in total. The molecule has 9 heteroatoms.